The van der Waals surface area contributed by atoms with E-state index in [4.69, 9.17) is 21.3 Å². The number of thioether (sulfide) groups is 1. The normalized spacial score (nSPS) is 10.9. The van der Waals surface area contributed by atoms with Gasteiger partial charge in [-0.2, -0.15) is 4.68 Å². The lowest BCUT2D eigenvalue weighted by molar-refractivity contribution is 0.415. The van der Waals surface area contributed by atoms with Gasteiger partial charge in [0.1, 0.15) is 10.8 Å². The summed E-state index contributed by atoms with van der Waals surface area (Å²) in [6, 6.07) is 15.3. The highest BCUT2D eigenvalue weighted by atomic mass is 35.5. The van der Waals surface area contributed by atoms with Crippen molar-refractivity contribution in [3.63, 3.8) is 0 Å². The van der Waals surface area contributed by atoms with Gasteiger partial charge in [-0.15, -0.1) is 16.4 Å². The van der Waals surface area contributed by atoms with E-state index in [0.29, 0.717) is 15.9 Å². The minimum Gasteiger partial charge on any atom is -0.497 e. The molecule has 0 radical (unpaired) electrons. The van der Waals surface area contributed by atoms with E-state index in [-0.39, 0.29) is 0 Å². The van der Waals surface area contributed by atoms with Crippen LogP contribution < -0.4 is 4.74 Å². The fraction of sp³-hybridized carbons (Fsp3) is 0.111. The Morgan fingerprint density at radius 2 is 2.04 bits per heavy atom. The van der Waals surface area contributed by atoms with Crippen molar-refractivity contribution < 1.29 is 4.74 Å². The molecule has 136 valence electrons. The molecule has 0 unspecified atom stereocenters. The van der Waals surface area contributed by atoms with Crippen LogP contribution in [0.2, 0.25) is 5.02 Å². The van der Waals surface area contributed by atoms with Crippen LogP contribution in [0.4, 0.5) is 0 Å². The lowest BCUT2D eigenvalue weighted by Gasteiger charge is -2.03. The largest absolute Gasteiger partial charge is 0.497 e. The summed E-state index contributed by atoms with van der Waals surface area (Å²) in [5.41, 5.74) is 2.89. The molecule has 0 N–H and O–H groups in total. The van der Waals surface area contributed by atoms with Gasteiger partial charge in [-0.05, 0) is 46.8 Å². The van der Waals surface area contributed by atoms with E-state index >= 15 is 0 Å². The van der Waals surface area contributed by atoms with Crippen LogP contribution in [0.5, 0.6) is 5.75 Å². The Bertz CT molecular complexity index is 1050. The van der Waals surface area contributed by atoms with Crippen LogP contribution >= 0.6 is 34.7 Å². The quantitative estimate of drug-likeness (QED) is 0.424. The molecule has 27 heavy (non-hydrogen) atoms. The molecule has 4 aromatic rings. The predicted molar refractivity (Wildman–Crippen MR) is 108 cm³/mol. The van der Waals surface area contributed by atoms with E-state index in [9.17, 15) is 0 Å². The summed E-state index contributed by atoms with van der Waals surface area (Å²) >= 11 is 9.09. The topological polar surface area (TPSA) is 65.7 Å². The molecule has 0 saturated carbocycles. The van der Waals surface area contributed by atoms with Crippen molar-refractivity contribution in [1.29, 1.82) is 0 Å². The number of hydrogen-bond donors (Lipinski definition) is 0. The Labute approximate surface area is 169 Å². The fourth-order valence-electron chi connectivity index (χ4n) is 2.41. The van der Waals surface area contributed by atoms with Crippen LogP contribution in [-0.4, -0.2) is 32.3 Å². The molecule has 0 aliphatic rings. The molecule has 4 rings (SSSR count). The first-order chi connectivity index (χ1) is 13.2. The lowest BCUT2D eigenvalue weighted by atomic mass is 10.2. The minimum atomic E-state index is 0.675. The zero-order valence-corrected chi connectivity index (χ0v) is 16.6. The highest BCUT2D eigenvalue weighted by molar-refractivity contribution is 7.98. The molecule has 2 aromatic carbocycles. The number of benzene rings is 2. The molecular formula is C18H14ClN5OS2. The maximum atomic E-state index is 5.94. The van der Waals surface area contributed by atoms with Gasteiger partial charge in [0.25, 0.3) is 0 Å². The molecule has 2 heterocycles. The van der Waals surface area contributed by atoms with Crippen LogP contribution in [0.1, 0.15) is 5.69 Å². The SMILES string of the molecule is COc1cccc(-c2nc(CSc3nnnn3-c3ccc(Cl)cc3)cs2)c1. The summed E-state index contributed by atoms with van der Waals surface area (Å²) in [6.07, 6.45) is 0. The van der Waals surface area contributed by atoms with Crippen molar-refractivity contribution in [2.24, 2.45) is 0 Å². The summed E-state index contributed by atoms with van der Waals surface area (Å²) in [7, 11) is 1.66. The lowest BCUT2D eigenvalue weighted by Crippen LogP contribution is -1.98. The van der Waals surface area contributed by atoms with Crippen molar-refractivity contribution in [2.45, 2.75) is 10.9 Å². The van der Waals surface area contributed by atoms with Gasteiger partial charge in [-0.1, -0.05) is 35.5 Å². The van der Waals surface area contributed by atoms with Gasteiger partial charge in [-0.25, -0.2) is 4.98 Å². The fourth-order valence-corrected chi connectivity index (χ4v) is 4.25. The number of hydrogen-bond acceptors (Lipinski definition) is 7. The van der Waals surface area contributed by atoms with Crippen LogP contribution in [0, 0.1) is 0 Å². The van der Waals surface area contributed by atoms with Gasteiger partial charge >= 0.3 is 0 Å². The average Bonchev–Trinajstić information content (AvgIpc) is 3.36. The molecule has 9 heteroatoms. The van der Waals surface area contributed by atoms with E-state index < -0.39 is 0 Å². The molecule has 6 nitrogen and oxygen atoms in total. The monoisotopic (exact) mass is 415 g/mol. The van der Waals surface area contributed by atoms with Gasteiger partial charge in [-0.3, -0.25) is 0 Å². The molecule has 0 spiro atoms. The number of ether oxygens (including phenoxy) is 1. The van der Waals surface area contributed by atoms with Crippen LogP contribution in [0.15, 0.2) is 59.1 Å². The van der Waals surface area contributed by atoms with Crippen molar-refractivity contribution in [1.82, 2.24) is 25.2 Å². The standard InChI is InChI=1S/C18H14ClN5OS2/c1-25-16-4-2-3-12(9-16)17-20-14(10-26-17)11-27-18-21-22-23-24(18)15-7-5-13(19)6-8-15/h2-10H,11H2,1H3. The second-order valence-corrected chi connectivity index (χ2v) is 7.75. The second-order valence-electron chi connectivity index (χ2n) is 5.51. The molecule has 2 aromatic heterocycles. The molecule has 0 aliphatic carbocycles. The number of aromatic nitrogens is 5. The highest BCUT2D eigenvalue weighted by Gasteiger charge is 2.11. The Hall–Kier alpha value is -2.42. The third-order valence-electron chi connectivity index (χ3n) is 3.73. The van der Waals surface area contributed by atoms with Gasteiger partial charge in [0.2, 0.25) is 5.16 Å². The molecule has 0 saturated heterocycles. The summed E-state index contributed by atoms with van der Waals surface area (Å²) < 4.78 is 6.97. The van der Waals surface area contributed by atoms with E-state index in [2.05, 4.69) is 20.9 Å². The Balaban J connectivity index is 1.48. The van der Waals surface area contributed by atoms with Crippen molar-refractivity contribution in [3.8, 4) is 22.0 Å². The molecule has 0 fully saturated rings. The average molecular weight is 416 g/mol. The van der Waals surface area contributed by atoms with Gasteiger partial charge in [0.05, 0.1) is 18.5 Å². The van der Waals surface area contributed by atoms with Crippen LogP contribution in [0.3, 0.4) is 0 Å². The summed E-state index contributed by atoms with van der Waals surface area (Å²) in [4.78, 5) is 4.72. The smallest absolute Gasteiger partial charge is 0.214 e. The number of nitrogens with zero attached hydrogens (tertiary/aromatic N) is 5. The number of thiazole rings is 1. The van der Waals surface area contributed by atoms with Crippen LogP contribution in [-0.2, 0) is 5.75 Å². The van der Waals surface area contributed by atoms with E-state index in [1.807, 2.05) is 48.5 Å². The second kappa shape index (κ2) is 8.08. The minimum absolute atomic E-state index is 0.675. The Morgan fingerprint density at radius 1 is 1.19 bits per heavy atom. The van der Waals surface area contributed by atoms with E-state index in [0.717, 1.165) is 27.7 Å². The molecule has 0 amide bonds. The first kappa shape index (κ1) is 18.0. The van der Waals surface area contributed by atoms with E-state index in [1.54, 1.807) is 23.1 Å². The summed E-state index contributed by atoms with van der Waals surface area (Å²) in [5.74, 6) is 1.50. The zero-order valence-electron chi connectivity index (χ0n) is 14.2. The van der Waals surface area contributed by atoms with Crippen molar-refractivity contribution in [3.05, 3.63) is 64.6 Å². The predicted octanol–water partition coefficient (Wildman–Crippen LogP) is 4.74. The Morgan fingerprint density at radius 3 is 2.85 bits per heavy atom. The summed E-state index contributed by atoms with van der Waals surface area (Å²) in [6.45, 7) is 0. The number of rotatable bonds is 6. The first-order valence-corrected chi connectivity index (χ1v) is 10.2. The number of methoxy groups -OCH3 is 1. The molecular weight excluding hydrogens is 402 g/mol. The Kier molecular flexibility index (Phi) is 5.38. The van der Waals surface area contributed by atoms with Gasteiger partial charge in [0.15, 0.2) is 0 Å². The van der Waals surface area contributed by atoms with E-state index in [1.165, 1.54) is 11.8 Å². The van der Waals surface area contributed by atoms with Crippen LogP contribution in [0.25, 0.3) is 16.3 Å². The molecule has 0 bridgehead atoms. The van der Waals surface area contributed by atoms with Gasteiger partial charge in [0, 0.05) is 21.7 Å². The number of tetrazole rings is 1. The third-order valence-corrected chi connectivity index (χ3v) is 5.87. The van der Waals surface area contributed by atoms with Gasteiger partial charge < -0.3 is 4.74 Å². The molecule has 0 atom stereocenters. The maximum absolute atomic E-state index is 5.94. The zero-order chi connectivity index (χ0) is 18.6. The maximum Gasteiger partial charge on any atom is 0.214 e. The van der Waals surface area contributed by atoms with Crippen molar-refractivity contribution in [2.75, 3.05) is 7.11 Å². The number of halogens is 1. The summed E-state index contributed by atoms with van der Waals surface area (Å²) in [5, 5.41) is 16.3. The highest BCUT2D eigenvalue weighted by Crippen LogP contribution is 2.29. The molecule has 0 aliphatic heterocycles. The van der Waals surface area contributed by atoms with Crippen molar-refractivity contribution >= 4 is 34.7 Å². The third kappa shape index (κ3) is 4.13. The first-order valence-electron chi connectivity index (χ1n) is 7.99.